The van der Waals surface area contributed by atoms with E-state index in [0.29, 0.717) is 17.8 Å². The molecule has 0 saturated carbocycles. The molecule has 0 saturated heterocycles. The largest absolute Gasteiger partial charge is 0.497 e. The second-order valence-corrected chi connectivity index (χ2v) is 6.33. The van der Waals surface area contributed by atoms with Gasteiger partial charge in [0.2, 0.25) is 0 Å². The molecule has 0 aliphatic heterocycles. The van der Waals surface area contributed by atoms with Gasteiger partial charge >= 0.3 is 0 Å². The summed E-state index contributed by atoms with van der Waals surface area (Å²) in [6.45, 7) is 3.98. The molecule has 0 unspecified atom stereocenters. The maximum absolute atomic E-state index is 12.6. The number of hydrogen-bond donors (Lipinski definition) is 2. The Bertz CT molecular complexity index is 853. The monoisotopic (exact) mass is 324 g/mol. The first-order valence-corrected chi connectivity index (χ1v) is 7.72. The fourth-order valence-electron chi connectivity index (χ4n) is 2.72. The van der Waals surface area contributed by atoms with E-state index in [1.165, 1.54) is 6.33 Å². The number of aromatic nitrogens is 3. The van der Waals surface area contributed by atoms with Gasteiger partial charge in [-0.2, -0.15) is 0 Å². The summed E-state index contributed by atoms with van der Waals surface area (Å²) in [5, 5.41) is 3.78. The van der Waals surface area contributed by atoms with Gasteiger partial charge in [-0.3, -0.25) is 4.79 Å². The molecule has 3 aromatic rings. The van der Waals surface area contributed by atoms with Crippen LogP contribution in [0.4, 0.5) is 0 Å². The smallest absolute Gasteiger partial charge is 0.271 e. The highest BCUT2D eigenvalue weighted by Crippen LogP contribution is 2.18. The molecule has 0 spiro atoms. The normalized spacial score (nSPS) is 11.5. The van der Waals surface area contributed by atoms with Crippen LogP contribution in [0.1, 0.15) is 29.9 Å². The van der Waals surface area contributed by atoms with E-state index in [4.69, 9.17) is 4.74 Å². The molecule has 0 radical (unpaired) electrons. The summed E-state index contributed by atoms with van der Waals surface area (Å²) in [6.07, 6.45) is 3.84. The SMILES string of the molecule is COc1ccc(CC(C)(C)NC(=O)c2ncnc3[nH]ccc23)cc1. The Kier molecular flexibility index (Phi) is 4.20. The number of nitrogens with zero attached hydrogens (tertiary/aromatic N) is 2. The highest BCUT2D eigenvalue weighted by Gasteiger charge is 2.23. The van der Waals surface area contributed by atoms with E-state index in [2.05, 4.69) is 20.3 Å². The molecular weight excluding hydrogens is 304 g/mol. The average molecular weight is 324 g/mol. The molecule has 0 aliphatic carbocycles. The lowest BCUT2D eigenvalue weighted by molar-refractivity contribution is 0.0909. The zero-order valence-corrected chi connectivity index (χ0v) is 14.0. The first kappa shape index (κ1) is 16.0. The average Bonchev–Trinajstić information content (AvgIpc) is 3.03. The van der Waals surface area contributed by atoms with Crippen molar-refractivity contribution in [1.29, 1.82) is 0 Å². The number of fused-ring (bicyclic) bond motifs is 1. The van der Waals surface area contributed by atoms with E-state index in [1.807, 2.05) is 38.1 Å². The topological polar surface area (TPSA) is 79.9 Å². The van der Waals surface area contributed by atoms with Crippen LogP contribution in [0.5, 0.6) is 5.75 Å². The van der Waals surface area contributed by atoms with E-state index >= 15 is 0 Å². The van der Waals surface area contributed by atoms with Gasteiger partial charge in [-0.15, -0.1) is 0 Å². The summed E-state index contributed by atoms with van der Waals surface area (Å²) < 4.78 is 5.17. The summed E-state index contributed by atoms with van der Waals surface area (Å²) >= 11 is 0. The van der Waals surface area contributed by atoms with Gasteiger partial charge < -0.3 is 15.0 Å². The van der Waals surface area contributed by atoms with Gasteiger partial charge in [0.15, 0.2) is 0 Å². The quantitative estimate of drug-likeness (QED) is 0.756. The number of amides is 1. The van der Waals surface area contributed by atoms with Gasteiger partial charge in [0.25, 0.3) is 5.91 Å². The number of nitrogens with one attached hydrogen (secondary N) is 2. The van der Waals surface area contributed by atoms with Crippen molar-refractivity contribution < 1.29 is 9.53 Å². The molecule has 2 heterocycles. The molecule has 3 rings (SSSR count). The summed E-state index contributed by atoms with van der Waals surface area (Å²) in [6, 6.07) is 9.65. The van der Waals surface area contributed by atoms with Gasteiger partial charge in [0, 0.05) is 11.7 Å². The molecule has 1 amide bonds. The first-order chi connectivity index (χ1) is 11.5. The number of hydrogen-bond acceptors (Lipinski definition) is 4. The van der Waals surface area contributed by atoms with Crippen LogP contribution >= 0.6 is 0 Å². The standard InChI is InChI=1S/C18H20N4O2/c1-18(2,10-12-4-6-13(24-3)7-5-12)22-17(23)15-14-8-9-19-16(14)21-11-20-15/h4-9,11H,10H2,1-3H3,(H,22,23)(H,19,20,21). The van der Waals surface area contributed by atoms with Crippen molar-refractivity contribution in [2.45, 2.75) is 25.8 Å². The third-order valence-corrected chi connectivity index (χ3v) is 3.83. The van der Waals surface area contributed by atoms with Crippen molar-refractivity contribution in [3.8, 4) is 5.75 Å². The molecular formula is C18H20N4O2. The summed E-state index contributed by atoms with van der Waals surface area (Å²) in [5.74, 6) is 0.608. The fraction of sp³-hybridized carbons (Fsp3) is 0.278. The predicted molar refractivity (Wildman–Crippen MR) is 92.1 cm³/mol. The van der Waals surface area contributed by atoms with Crippen LogP contribution in [-0.4, -0.2) is 33.5 Å². The third-order valence-electron chi connectivity index (χ3n) is 3.83. The molecule has 0 atom stereocenters. The Balaban J connectivity index is 1.75. The highest BCUT2D eigenvalue weighted by molar-refractivity contribution is 6.03. The van der Waals surface area contributed by atoms with Gasteiger partial charge in [-0.1, -0.05) is 12.1 Å². The van der Waals surface area contributed by atoms with Crippen LogP contribution < -0.4 is 10.1 Å². The van der Waals surface area contributed by atoms with E-state index in [0.717, 1.165) is 16.7 Å². The number of benzene rings is 1. The van der Waals surface area contributed by atoms with Crippen molar-refractivity contribution in [1.82, 2.24) is 20.3 Å². The molecule has 0 bridgehead atoms. The lowest BCUT2D eigenvalue weighted by Gasteiger charge is -2.26. The molecule has 2 N–H and O–H groups in total. The zero-order chi connectivity index (χ0) is 17.2. The minimum Gasteiger partial charge on any atom is -0.497 e. The highest BCUT2D eigenvalue weighted by atomic mass is 16.5. The minimum absolute atomic E-state index is 0.208. The molecule has 6 nitrogen and oxygen atoms in total. The Morgan fingerprint density at radius 2 is 1.96 bits per heavy atom. The number of carbonyl (C=O) groups excluding carboxylic acids is 1. The second kappa shape index (κ2) is 6.31. The summed E-state index contributed by atoms with van der Waals surface area (Å²) in [7, 11) is 1.64. The maximum atomic E-state index is 12.6. The lowest BCUT2D eigenvalue weighted by atomic mass is 9.94. The zero-order valence-electron chi connectivity index (χ0n) is 14.0. The van der Waals surface area contributed by atoms with Crippen LogP contribution in [0.2, 0.25) is 0 Å². The summed E-state index contributed by atoms with van der Waals surface area (Å²) in [4.78, 5) is 23.9. The number of ether oxygens (including phenoxy) is 1. The van der Waals surface area contributed by atoms with Crippen molar-refractivity contribution >= 4 is 16.9 Å². The maximum Gasteiger partial charge on any atom is 0.271 e. The van der Waals surface area contributed by atoms with E-state index in [-0.39, 0.29) is 5.91 Å². The third kappa shape index (κ3) is 3.37. The van der Waals surface area contributed by atoms with E-state index in [9.17, 15) is 4.79 Å². The molecule has 1 aromatic carbocycles. The molecule has 6 heteroatoms. The predicted octanol–water partition coefficient (Wildman–Crippen LogP) is 2.72. The van der Waals surface area contributed by atoms with Crippen LogP contribution in [0.25, 0.3) is 11.0 Å². The van der Waals surface area contributed by atoms with Gasteiger partial charge in [-0.05, 0) is 44.0 Å². The number of rotatable bonds is 5. The van der Waals surface area contributed by atoms with Crippen molar-refractivity contribution in [3.05, 3.63) is 54.1 Å². The van der Waals surface area contributed by atoms with Crippen molar-refractivity contribution in [2.75, 3.05) is 7.11 Å². The van der Waals surface area contributed by atoms with Gasteiger partial charge in [0.1, 0.15) is 23.4 Å². The lowest BCUT2D eigenvalue weighted by Crippen LogP contribution is -2.45. The van der Waals surface area contributed by atoms with Crippen LogP contribution in [0.15, 0.2) is 42.9 Å². The second-order valence-electron chi connectivity index (χ2n) is 6.33. The Morgan fingerprint density at radius 3 is 2.67 bits per heavy atom. The molecule has 0 fully saturated rings. The Hall–Kier alpha value is -2.89. The molecule has 24 heavy (non-hydrogen) atoms. The summed E-state index contributed by atoms with van der Waals surface area (Å²) in [5.41, 5.74) is 1.74. The molecule has 2 aromatic heterocycles. The number of H-pyrrole nitrogens is 1. The first-order valence-electron chi connectivity index (χ1n) is 7.72. The Morgan fingerprint density at radius 1 is 1.21 bits per heavy atom. The van der Waals surface area contributed by atoms with Gasteiger partial charge in [-0.25, -0.2) is 9.97 Å². The van der Waals surface area contributed by atoms with E-state index < -0.39 is 5.54 Å². The number of carbonyl (C=O) groups is 1. The minimum atomic E-state index is -0.417. The number of aromatic amines is 1. The van der Waals surface area contributed by atoms with Crippen LogP contribution in [0, 0.1) is 0 Å². The van der Waals surface area contributed by atoms with Crippen molar-refractivity contribution in [3.63, 3.8) is 0 Å². The van der Waals surface area contributed by atoms with Crippen molar-refractivity contribution in [2.24, 2.45) is 0 Å². The van der Waals surface area contributed by atoms with Crippen LogP contribution in [0.3, 0.4) is 0 Å². The number of methoxy groups -OCH3 is 1. The van der Waals surface area contributed by atoms with Crippen LogP contribution in [-0.2, 0) is 6.42 Å². The fourth-order valence-corrected chi connectivity index (χ4v) is 2.72. The Labute approximate surface area is 140 Å². The molecule has 124 valence electrons. The molecule has 0 aliphatic rings. The van der Waals surface area contributed by atoms with E-state index in [1.54, 1.807) is 19.4 Å². The van der Waals surface area contributed by atoms with Gasteiger partial charge in [0.05, 0.1) is 12.5 Å².